The summed E-state index contributed by atoms with van der Waals surface area (Å²) in [6.45, 7) is 0. The molecule has 1 heterocycles. The van der Waals surface area contributed by atoms with E-state index in [2.05, 4.69) is 27.0 Å². The van der Waals surface area contributed by atoms with Crippen molar-refractivity contribution in [2.75, 3.05) is 5.73 Å². The van der Waals surface area contributed by atoms with E-state index in [-0.39, 0.29) is 0 Å². The summed E-state index contributed by atoms with van der Waals surface area (Å²) in [5.74, 6) is 3.65. The number of aromatic amines is 1. The third-order valence-electron chi connectivity index (χ3n) is 5.53. The molecule has 112 valence electrons. The highest BCUT2D eigenvalue weighted by Gasteiger charge is 2.33. The Hall–Kier alpha value is -1.03. The molecule has 0 saturated heterocycles. The quantitative estimate of drug-likeness (QED) is 0.714. The fraction of sp³-hybridized carbons (Fsp3) is 0.588. The summed E-state index contributed by atoms with van der Waals surface area (Å²) in [6.07, 6.45) is 9.72. The Morgan fingerprint density at radius 3 is 2.76 bits per heavy atom. The number of anilines is 1. The number of rotatable bonds is 1. The zero-order valence-corrected chi connectivity index (χ0v) is 13.8. The van der Waals surface area contributed by atoms with Crippen molar-refractivity contribution in [3.05, 3.63) is 22.4 Å². The molecule has 0 aliphatic heterocycles. The van der Waals surface area contributed by atoms with Crippen molar-refractivity contribution in [2.45, 2.75) is 50.9 Å². The number of benzene rings is 1. The van der Waals surface area contributed by atoms with E-state index in [0.717, 1.165) is 38.9 Å². The summed E-state index contributed by atoms with van der Waals surface area (Å²) in [7, 11) is 0. The summed E-state index contributed by atoms with van der Waals surface area (Å²) >= 11 is 3.51. The molecule has 4 rings (SSSR count). The van der Waals surface area contributed by atoms with Crippen LogP contribution in [0.2, 0.25) is 0 Å². The van der Waals surface area contributed by atoms with Gasteiger partial charge in [0, 0.05) is 10.4 Å². The van der Waals surface area contributed by atoms with E-state index in [1.165, 1.54) is 44.9 Å². The van der Waals surface area contributed by atoms with Crippen LogP contribution in [0.25, 0.3) is 11.0 Å². The predicted molar refractivity (Wildman–Crippen MR) is 90.2 cm³/mol. The van der Waals surface area contributed by atoms with Gasteiger partial charge in [-0.2, -0.15) is 0 Å². The molecule has 2 aliphatic rings. The van der Waals surface area contributed by atoms with E-state index in [1.54, 1.807) is 0 Å². The maximum atomic E-state index is 6.09. The van der Waals surface area contributed by atoms with Crippen molar-refractivity contribution in [1.29, 1.82) is 0 Å². The summed E-state index contributed by atoms with van der Waals surface area (Å²) in [6, 6.07) is 4.01. The van der Waals surface area contributed by atoms with Crippen molar-refractivity contribution in [1.82, 2.24) is 9.97 Å². The van der Waals surface area contributed by atoms with Crippen molar-refractivity contribution >= 4 is 32.7 Å². The van der Waals surface area contributed by atoms with Gasteiger partial charge in [0.25, 0.3) is 0 Å². The summed E-state index contributed by atoms with van der Waals surface area (Å²) in [5, 5.41) is 0. The van der Waals surface area contributed by atoms with Crippen LogP contribution in [0.1, 0.15) is 56.7 Å². The first-order valence-electron chi connectivity index (χ1n) is 8.15. The molecule has 21 heavy (non-hydrogen) atoms. The maximum Gasteiger partial charge on any atom is 0.112 e. The molecule has 3 N–H and O–H groups in total. The number of halogens is 1. The minimum absolute atomic E-state index is 0.593. The van der Waals surface area contributed by atoms with Crippen LogP contribution < -0.4 is 5.73 Å². The van der Waals surface area contributed by atoms with Gasteiger partial charge in [-0.1, -0.05) is 41.6 Å². The van der Waals surface area contributed by atoms with E-state index >= 15 is 0 Å². The molecule has 0 bridgehead atoms. The lowest BCUT2D eigenvalue weighted by molar-refractivity contribution is 0.153. The molecule has 2 fully saturated rings. The van der Waals surface area contributed by atoms with Gasteiger partial charge in [0.05, 0.1) is 11.2 Å². The van der Waals surface area contributed by atoms with E-state index in [9.17, 15) is 0 Å². The minimum Gasteiger partial charge on any atom is -0.397 e. The predicted octanol–water partition coefficient (Wildman–Crippen LogP) is 4.98. The first-order chi connectivity index (χ1) is 10.2. The van der Waals surface area contributed by atoms with Gasteiger partial charge in [0.15, 0.2) is 0 Å². The number of nitrogens with two attached hydrogens (primary N) is 1. The Morgan fingerprint density at radius 1 is 1.10 bits per heavy atom. The average Bonchev–Trinajstić information content (AvgIpc) is 2.91. The topological polar surface area (TPSA) is 54.7 Å². The average molecular weight is 348 g/mol. The smallest absolute Gasteiger partial charge is 0.112 e. The van der Waals surface area contributed by atoms with Crippen LogP contribution in [0, 0.1) is 11.8 Å². The first-order valence-corrected chi connectivity index (χ1v) is 8.94. The molecule has 3 unspecified atom stereocenters. The second kappa shape index (κ2) is 5.31. The fourth-order valence-electron chi connectivity index (χ4n) is 4.44. The number of hydrogen-bond acceptors (Lipinski definition) is 2. The molecule has 1 aromatic heterocycles. The minimum atomic E-state index is 0.593. The molecular formula is C17H22BrN3. The molecular weight excluding hydrogens is 326 g/mol. The zero-order valence-electron chi connectivity index (χ0n) is 12.2. The van der Waals surface area contributed by atoms with E-state index in [0.29, 0.717) is 5.92 Å². The number of nitrogen functional groups attached to an aromatic ring is 1. The molecule has 4 heteroatoms. The standard InChI is InChI=1S/C17H22BrN3/c18-13-8-14(19)16-15(9-13)20-17(21-16)12-6-5-10-3-1-2-4-11(10)7-12/h8-12H,1-7,19H2,(H,20,21). The van der Waals surface area contributed by atoms with Crippen LogP contribution in [0.3, 0.4) is 0 Å². The zero-order chi connectivity index (χ0) is 14.4. The Labute approximate surface area is 133 Å². The van der Waals surface area contributed by atoms with E-state index in [1.807, 2.05) is 6.07 Å². The lowest BCUT2D eigenvalue weighted by atomic mass is 9.67. The molecule has 2 aliphatic carbocycles. The van der Waals surface area contributed by atoms with Gasteiger partial charge in [0.2, 0.25) is 0 Å². The third kappa shape index (κ3) is 2.48. The molecule has 0 radical (unpaired) electrons. The summed E-state index contributed by atoms with van der Waals surface area (Å²) < 4.78 is 1.01. The number of nitrogens with one attached hydrogen (secondary N) is 1. The molecule has 0 amide bonds. The Morgan fingerprint density at radius 2 is 1.90 bits per heavy atom. The maximum absolute atomic E-state index is 6.09. The lowest BCUT2D eigenvalue weighted by Gasteiger charge is -2.38. The second-order valence-corrected chi connectivity index (χ2v) is 7.74. The van der Waals surface area contributed by atoms with Gasteiger partial charge >= 0.3 is 0 Å². The lowest BCUT2D eigenvalue weighted by Crippen LogP contribution is -2.27. The molecule has 3 atom stereocenters. The van der Waals surface area contributed by atoms with Crippen LogP contribution in [0.4, 0.5) is 5.69 Å². The number of hydrogen-bond donors (Lipinski definition) is 2. The van der Waals surface area contributed by atoms with Crippen LogP contribution in [-0.4, -0.2) is 9.97 Å². The van der Waals surface area contributed by atoms with Crippen molar-refractivity contribution in [2.24, 2.45) is 11.8 Å². The number of H-pyrrole nitrogens is 1. The summed E-state index contributed by atoms with van der Waals surface area (Å²) in [5.41, 5.74) is 8.84. The van der Waals surface area contributed by atoms with Gasteiger partial charge in [-0.15, -0.1) is 0 Å². The Kier molecular flexibility index (Phi) is 3.44. The second-order valence-electron chi connectivity index (χ2n) is 6.83. The van der Waals surface area contributed by atoms with Crippen molar-refractivity contribution in [3.63, 3.8) is 0 Å². The van der Waals surface area contributed by atoms with Gasteiger partial charge in [-0.05, 0) is 43.2 Å². The van der Waals surface area contributed by atoms with Gasteiger partial charge in [0.1, 0.15) is 11.3 Å². The third-order valence-corrected chi connectivity index (χ3v) is 5.98. The van der Waals surface area contributed by atoms with Crippen LogP contribution in [0.5, 0.6) is 0 Å². The highest BCUT2D eigenvalue weighted by atomic mass is 79.9. The van der Waals surface area contributed by atoms with E-state index < -0.39 is 0 Å². The van der Waals surface area contributed by atoms with Crippen LogP contribution >= 0.6 is 15.9 Å². The van der Waals surface area contributed by atoms with E-state index in [4.69, 9.17) is 10.7 Å². The van der Waals surface area contributed by atoms with Gasteiger partial charge in [-0.3, -0.25) is 0 Å². The highest BCUT2D eigenvalue weighted by Crippen LogP contribution is 2.45. The summed E-state index contributed by atoms with van der Waals surface area (Å²) in [4.78, 5) is 8.33. The SMILES string of the molecule is Nc1cc(Br)cc2[nH]c(C3CCC4CCCCC4C3)nc12. The molecule has 2 saturated carbocycles. The molecule has 1 aromatic carbocycles. The number of nitrogens with zero attached hydrogens (tertiary/aromatic N) is 1. The molecule has 2 aromatic rings. The van der Waals surface area contributed by atoms with Crippen molar-refractivity contribution < 1.29 is 0 Å². The molecule has 0 spiro atoms. The number of aromatic nitrogens is 2. The number of fused-ring (bicyclic) bond motifs is 2. The highest BCUT2D eigenvalue weighted by molar-refractivity contribution is 9.10. The molecule has 3 nitrogen and oxygen atoms in total. The normalized spacial score (nSPS) is 29.5. The monoisotopic (exact) mass is 347 g/mol. The van der Waals surface area contributed by atoms with Crippen LogP contribution in [-0.2, 0) is 0 Å². The van der Waals surface area contributed by atoms with Crippen LogP contribution in [0.15, 0.2) is 16.6 Å². The Balaban J connectivity index is 1.63. The van der Waals surface area contributed by atoms with Gasteiger partial charge in [-0.25, -0.2) is 4.98 Å². The van der Waals surface area contributed by atoms with Gasteiger partial charge < -0.3 is 10.7 Å². The van der Waals surface area contributed by atoms with Crippen molar-refractivity contribution in [3.8, 4) is 0 Å². The first kappa shape index (κ1) is 13.6. The fourth-order valence-corrected chi connectivity index (χ4v) is 4.92. The number of imidazole rings is 1. The largest absolute Gasteiger partial charge is 0.397 e. The Bertz CT molecular complexity index is 663.